The fourth-order valence-corrected chi connectivity index (χ4v) is 1.51. The second kappa shape index (κ2) is 6.91. The van der Waals surface area contributed by atoms with Crippen molar-refractivity contribution in [1.29, 1.82) is 0 Å². The maximum absolute atomic E-state index is 11.4. The summed E-state index contributed by atoms with van der Waals surface area (Å²) in [7, 11) is 0. The Bertz CT molecular complexity index is 407. The van der Waals surface area contributed by atoms with Gasteiger partial charge in [0, 0.05) is 5.69 Å². The Balaban J connectivity index is 2.67. The zero-order chi connectivity index (χ0) is 12.7. The number of anilines is 1. The highest BCUT2D eigenvalue weighted by atomic mass is 35.5. The first kappa shape index (κ1) is 13.5. The van der Waals surface area contributed by atoms with Gasteiger partial charge in [-0.25, -0.2) is 4.79 Å². The van der Waals surface area contributed by atoms with Crippen molar-refractivity contribution in [3.8, 4) is 0 Å². The number of carbonyl (C=O) groups is 2. The molecule has 3 amide bonds. The summed E-state index contributed by atoms with van der Waals surface area (Å²) in [5, 5.41) is 4.76. The Hall–Kier alpha value is -1.55. The number of hydrogen-bond donors (Lipinski definition) is 2. The van der Waals surface area contributed by atoms with E-state index in [4.69, 9.17) is 11.6 Å². The highest BCUT2D eigenvalue weighted by Crippen LogP contribution is 2.16. The molecule has 1 aromatic carbocycles. The molecule has 17 heavy (non-hydrogen) atoms. The number of carbonyl (C=O) groups excluding carboxylic acids is 2. The van der Waals surface area contributed by atoms with Crippen LogP contribution in [-0.4, -0.2) is 17.8 Å². The predicted molar refractivity (Wildman–Crippen MR) is 68.3 cm³/mol. The summed E-state index contributed by atoms with van der Waals surface area (Å²) in [6, 6.07) is 6.94. The first-order chi connectivity index (χ1) is 8.17. The molecule has 0 atom stereocenters. The van der Waals surface area contributed by atoms with Crippen LogP contribution in [-0.2, 0) is 11.2 Å². The number of nitrogens with one attached hydrogen (secondary N) is 2. The number of aryl methyl sites for hydroxylation is 1. The van der Waals surface area contributed by atoms with Gasteiger partial charge in [-0.1, -0.05) is 31.5 Å². The van der Waals surface area contributed by atoms with Crippen LogP contribution in [0.15, 0.2) is 24.3 Å². The quantitative estimate of drug-likeness (QED) is 0.812. The van der Waals surface area contributed by atoms with Crippen LogP contribution in [0.3, 0.4) is 0 Å². The smallest absolute Gasteiger partial charge is 0.307 e. The molecule has 0 saturated heterocycles. The van der Waals surface area contributed by atoms with Crippen molar-refractivity contribution in [3.05, 3.63) is 29.8 Å². The van der Waals surface area contributed by atoms with Crippen molar-refractivity contribution in [2.24, 2.45) is 0 Å². The molecule has 0 radical (unpaired) electrons. The van der Waals surface area contributed by atoms with E-state index in [0.717, 1.165) is 18.4 Å². The minimum Gasteiger partial charge on any atom is -0.307 e. The van der Waals surface area contributed by atoms with Crippen LogP contribution >= 0.6 is 11.6 Å². The van der Waals surface area contributed by atoms with Gasteiger partial charge in [-0.15, -0.1) is 11.6 Å². The van der Waals surface area contributed by atoms with E-state index >= 15 is 0 Å². The zero-order valence-corrected chi connectivity index (χ0v) is 10.4. The molecule has 0 aliphatic carbocycles. The molecule has 0 aliphatic rings. The average molecular weight is 255 g/mol. The Labute approximate surface area is 105 Å². The van der Waals surface area contributed by atoms with E-state index < -0.39 is 11.9 Å². The molecule has 1 rings (SSSR count). The molecule has 92 valence electrons. The summed E-state index contributed by atoms with van der Waals surface area (Å²) in [5.41, 5.74) is 1.76. The molecule has 0 unspecified atom stereocenters. The van der Waals surface area contributed by atoms with Gasteiger partial charge in [0.05, 0.1) is 0 Å². The number of rotatable bonds is 4. The van der Waals surface area contributed by atoms with Gasteiger partial charge in [-0.05, 0) is 18.1 Å². The highest BCUT2D eigenvalue weighted by Gasteiger charge is 2.08. The fourth-order valence-electron chi connectivity index (χ4n) is 1.44. The number of benzene rings is 1. The second-order valence-electron chi connectivity index (χ2n) is 3.54. The maximum Gasteiger partial charge on any atom is 0.325 e. The van der Waals surface area contributed by atoms with Crippen LogP contribution in [0, 0.1) is 0 Å². The monoisotopic (exact) mass is 254 g/mol. The van der Waals surface area contributed by atoms with Crippen molar-refractivity contribution < 1.29 is 9.59 Å². The molecule has 0 heterocycles. The molecule has 0 bridgehead atoms. The molecule has 0 fully saturated rings. The normalized spacial score (nSPS) is 9.76. The molecule has 0 aliphatic heterocycles. The minimum atomic E-state index is -0.556. The van der Waals surface area contributed by atoms with Gasteiger partial charge in [-0.3, -0.25) is 10.1 Å². The van der Waals surface area contributed by atoms with Crippen LogP contribution in [0.2, 0.25) is 0 Å². The van der Waals surface area contributed by atoms with Crippen molar-refractivity contribution in [2.75, 3.05) is 11.2 Å². The van der Waals surface area contributed by atoms with Crippen LogP contribution < -0.4 is 10.6 Å². The van der Waals surface area contributed by atoms with E-state index in [1.165, 1.54) is 0 Å². The lowest BCUT2D eigenvalue weighted by Crippen LogP contribution is -2.35. The third-order valence-electron chi connectivity index (χ3n) is 2.16. The fraction of sp³-hybridized carbons (Fsp3) is 0.333. The molecule has 0 spiro atoms. The van der Waals surface area contributed by atoms with Gasteiger partial charge in [0.2, 0.25) is 5.91 Å². The minimum absolute atomic E-state index is 0.232. The van der Waals surface area contributed by atoms with Gasteiger partial charge in [0.1, 0.15) is 5.88 Å². The summed E-state index contributed by atoms with van der Waals surface area (Å²) >= 11 is 5.29. The van der Waals surface area contributed by atoms with E-state index in [2.05, 4.69) is 17.6 Å². The molecule has 5 heteroatoms. The zero-order valence-electron chi connectivity index (χ0n) is 9.63. The first-order valence-corrected chi connectivity index (χ1v) is 5.95. The van der Waals surface area contributed by atoms with Crippen LogP contribution in [0.5, 0.6) is 0 Å². The van der Waals surface area contributed by atoms with Crippen LogP contribution in [0.1, 0.15) is 18.9 Å². The van der Waals surface area contributed by atoms with Crippen molar-refractivity contribution in [1.82, 2.24) is 5.32 Å². The van der Waals surface area contributed by atoms with Crippen molar-refractivity contribution in [2.45, 2.75) is 19.8 Å². The van der Waals surface area contributed by atoms with Crippen molar-refractivity contribution >= 4 is 29.2 Å². The van der Waals surface area contributed by atoms with Gasteiger partial charge < -0.3 is 5.32 Å². The lowest BCUT2D eigenvalue weighted by Gasteiger charge is -2.10. The van der Waals surface area contributed by atoms with Gasteiger partial charge >= 0.3 is 6.03 Å². The summed E-state index contributed by atoms with van der Waals surface area (Å²) in [5.74, 6) is -0.749. The Morgan fingerprint density at radius 2 is 2.00 bits per heavy atom. The molecular formula is C12H15ClN2O2. The van der Waals surface area contributed by atoms with Crippen LogP contribution in [0.4, 0.5) is 10.5 Å². The Morgan fingerprint density at radius 3 is 2.65 bits per heavy atom. The average Bonchev–Trinajstić information content (AvgIpc) is 2.31. The maximum atomic E-state index is 11.4. The van der Waals surface area contributed by atoms with E-state index in [0.29, 0.717) is 5.69 Å². The van der Waals surface area contributed by atoms with Gasteiger partial charge in [0.15, 0.2) is 0 Å². The summed E-state index contributed by atoms with van der Waals surface area (Å²) < 4.78 is 0. The topological polar surface area (TPSA) is 58.2 Å². The first-order valence-electron chi connectivity index (χ1n) is 5.42. The van der Waals surface area contributed by atoms with Crippen LogP contribution in [0.25, 0.3) is 0 Å². The molecule has 0 aromatic heterocycles. The Kier molecular flexibility index (Phi) is 5.49. The molecular weight excluding hydrogens is 240 g/mol. The SMILES string of the molecule is CCCc1ccccc1NC(=O)NC(=O)CCl. The van der Waals surface area contributed by atoms with E-state index in [9.17, 15) is 9.59 Å². The third kappa shape index (κ3) is 4.44. The Morgan fingerprint density at radius 1 is 1.29 bits per heavy atom. The number of para-hydroxylation sites is 1. The summed E-state index contributed by atoms with van der Waals surface area (Å²) in [6.45, 7) is 2.06. The third-order valence-corrected chi connectivity index (χ3v) is 2.40. The standard InChI is InChI=1S/C12H15ClN2O2/c1-2-5-9-6-3-4-7-10(9)14-12(17)15-11(16)8-13/h3-4,6-7H,2,5,8H2,1H3,(H2,14,15,16,17). The van der Waals surface area contributed by atoms with Gasteiger partial charge in [-0.2, -0.15) is 0 Å². The van der Waals surface area contributed by atoms with Crippen molar-refractivity contribution in [3.63, 3.8) is 0 Å². The number of alkyl halides is 1. The summed E-state index contributed by atoms with van der Waals surface area (Å²) in [6.07, 6.45) is 1.86. The number of urea groups is 1. The lowest BCUT2D eigenvalue weighted by molar-refractivity contribution is -0.117. The van der Waals surface area contributed by atoms with Gasteiger partial charge in [0.25, 0.3) is 0 Å². The largest absolute Gasteiger partial charge is 0.325 e. The van der Waals surface area contributed by atoms with E-state index in [1.807, 2.05) is 18.2 Å². The van der Waals surface area contributed by atoms with E-state index in [1.54, 1.807) is 6.07 Å². The molecule has 1 aromatic rings. The molecule has 2 N–H and O–H groups in total. The number of amides is 3. The summed E-state index contributed by atoms with van der Waals surface area (Å²) in [4.78, 5) is 22.4. The predicted octanol–water partition coefficient (Wildman–Crippen LogP) is 2.53. The number of hydrogen-bond acceptors (Lipinski definition) is 2. The molecule has 4 nitrogen and oxygen atoms in total. The highest BCUT2D eigenvalue weighted by molar-refractivity contribution is 6.28. The number of halogens is 1. The lowest BCUT2D eigenvalue weighted by atomic mass is 10.1. The molecule has 0 saturated carbocycles. The number of imide groups is 1. The van der Waals surface area contributed by atoms with E-state index in [-0.39, 0.29) is 5.88 Å². The second-order valence-corrected chi connectivity index (χ2v) is 3.81.